The Hall–Kier alpha value is -1.51. The van der Waals surface area contributed by atoms with Gasteiger partial charge in [-0.25, -0.2) is 4.39 Å². The van der Waals surface area contributed by atoms with Crippen molar-refractivity contribution in [3.8, 4) is 0 Å². The van der Waals surface area contributed by atoms with Crippen molar-refractivity contribution in [1.29, 1.82) is 0 Å². The summed E-state index contributed by atoms with van der Waals surface area (Å²) in [6.45, 7) is 0. The highest BCUT2D eigenvalue weighted by Crippen LogP contribution is 2.07. The zero-order valence-electron chi connectivity index (χ0n) is 5.58. The van der Waals surface area contributed by atoms with Gasteiger partial charge in [0, 0.05) is 18.3 Å². The predicted octanol–water partition coefficient (Wildman–Crippen LogP) is 1.57. The topological polar surface area (TPSA) is 25.8 Å². The summed E-state index contributed by atoms with van der Waals surface area (Å²) in [5.41, 5.74) is 1.22. The van der Waals surface area contributed by atoms with Gasteiger partial charge in [0.25, 0.3) is 0 Å². The second kappa shape index (κ2) is 2.27. The first-order valence-corrected chi connectivity index (χ1v) is 3.13. The molecule has 1 radical (unpaired) electrons. The maximum atomic E-state index is 12.5. The molecular formula is C8H4FN2. The van der Waals surface area contributed by atoms with E-state index in [1.807, 2.05) is 0 Å². The molecule has 2 rings (SSSR count). The van der Waals surface area contributed by atoms with E-state index in [0.29, 0.717) is 11.0 Å². The van der Waals surface area contributed by atoms with Gasteiger partial charge in [-0.3, -0.25) is 9.97 Å². The second-order valence-electron chi connectivity index (χ2n) is 2.13. The van der Waals surface area contributed by atoms with Crippen LogP contribution in [0, 0.1) is 11.9 Å². The Balaban J connectivity index is 2.83. The van der Waals surface area contributed by atoms with Crippen LogP contribution in [0.25, 0.3) is 11.0 Å². The maximum Gasteiger partial charge on any atom is 0.143 e. The summed E-state index contributed by atoms with van der Waals surface area (Å²) in [5.74, 6) is -0.365. The molecule has 2 aromatic rings. The minimum Gasteiger partial charge on any atom is -0.254 e. The first-order chi connectivity index (χ1) is 5.36. The van der Waals surface area contributed by atoms with Crippen LogP contribution < -0.4 is 0 Å². The van der Waals surface area contributed by atoms with Crippen molar-refractivity contribution in [1.82, 2.24) is 9.97 Å². The molecule has 0 aliphatic heterocycles. The lowest BCUT2D eigenvalue weighted by molar-refractivity contribution is 0.624. The molecular weight excluding hydrogens is 143 g/mol. The molecule has 2 heterocycles. The van der Waals surface area contributed by atoms with E-state index in [-0.39, 0.29) is 5.82 Å². The summed E-state index contributed by atoms with van der Waals surface area (Å²) in [5, 5.41) is 0. The van der Waals surface area contributed by atoms with Crippen LogP contribution in [0.4, 0.5) is 4.39 Å². The molecule has 2 aromatic heterocycles. The fourth-order valence-electron chi connectivity index (χ4n) is 0.877. The first kappa shape index (κ1) is 6.22. The molecule has 0 saturated heterocycles. The summed E-state index contributed by atoms with van der Waals surface area (Å²) >= 11 is 0. The van der Waals surface area contributed by atoms with E-state index in [4.69, 9.17) is 0 Å². The number of halogens is 1. The van der Waals surface area contributed by atoms with E-state index >= 15 is 0 Å². The molecule has 11 heavy (non-hydrogen) atoms. The zero-order chi connectivity index (χ0) is 7.68. The van der Waals surface area contributed by atoms with Crippen molar-refractivity contribution in [3.05, 3.63) is 36.4 Å². The third kappa shape index (κ3) is 1.05. The van der Waals surface area contributed by atoms with Crippen molar-refractivity contribution in [2.45, 2.75) is 0 Å². The Morgan fingerprint density at radius 2 is 2.18 bits per heavy atom. The molecule has 2 nitrogen and oxygen atoms in total. The number of aromatic nitrogens is 2. The fraction of sp³-hybridized carbons (Fsp3) is 0. The largest absolute Gasteiger partial charge is 0.254 e. The van der Waals surface area contributed by atoms with Crippen molar-refractivity contribution < 1.29 is 4.39 Å². The molecule has 0 amide bonds. The van der Waals surface area contributed by atoms with Crippen LogP contribution in [-0.2, 0) is 0 Å². The van der Waals surface area contributed by atoms with Crippen molar-refractivity contribution in [2.24, 2.45) is 0 Å². The van der Waals surface area contributed by atoms with Gasteiger partial charge < -0.3 is 0 Å². The summed E-state index contributed by atoms with van der Waals surface area (Å²) in [6, 6.07) is 5.77. The summed E-state index contributed by atoms with van der Waals surface area (Å²) in [7, 11) is 0. The summed E-state index contributed by atoms with van der Waals surface area (Å²) < 4.78 is 12.5. The van der Waals surface area contributed by atoms with Gasteiger partial charge in [-0.1, -0.05) is 0 Å². The van der Waals surface area contributed by atoms with Crippen LogP contribution in [0.2, 0.25) is 0 Å². The smallest absolute Gasteiger partial charge is 0.143 e. The third-order valence-corrected chi connectivity index (χ3v) is 1.36. The van der Waals surface area contributed by atoms with Crippen LogP contribution in [0.15, 0.2) is 24.5 Å². The lowest BCUT2D eigenvalue weighted by Gasteiger charge is -1.92. The standard InChI is InChI=1S/C8H4FN2/c9-6-4-8-7(11-5-6)2-1-3-10-8/h2-5H. The van der Waals surface area contributed by atoms with E-state index in [9.17, 15) is 4.39 Å². The van der Waals surface area contributed by atoms with Gasteiger partial charge in [0.1, 0.15) is 5.82 Å². The number of pyridine rings is 2. The van der Waals surface area contributed by atoms with E-state index < -0.39 is 0 Å². The normalized spacial score (nSPS) is 10.3. The molecule has 0 spiro atoms. The van der Waals surface area contributed by atoms with E-state index in [2.05, 4.69) is 16.0 Å². The molecule has 0 aliphatic rings. The number of nitrogens with zero attached hydrogens (tertiary/aromatic N) is 2. The molecule has 0 bridgehead atoms. The quantitative estimate of drug-likeness (QED) is 0.565. The molecule has 0 aliphatic carbocycles. The predicted molar refractivity (Wildman–Crippen MR) is 38.3 cm³/mol. The van der Waals surface area contributed by atoms with Crippen molar-refractivity contribution in [3.63, 3.8) is 0 Å². The first-order valence-electron chi connectivity index (χ1n) is 3.13. The molecule has 0 N–H and O–H groups in total. The summed E-state index contributed by atoms with van der Waals surface area (Å²) in [6.07, 6.45) is 2.65. The maximum absolute atomic E-state index is 12.5. The number of rotatable bonds is 0. The average Bonchev–Trinajstić information content (AvgIpc) is 2.04. The van der Waals surface area contributed by atoms with Gasteiger partial charge in [0.05, 0.1) is 17.2 Å². The third-order valence-electron chi connectivity index (χ3n) is 1.36. The van der Waals surface area contributed by atoms with Gasteiger partial charge >= 0.3 is 0 Å². The lowest BCUT2D eigenvalue weighted by Crippen LogP contribution is -1.83. The highest BCUT2D eigenvalue weighted by Gasteiger charge is 1.95. The van der Waals surface area contributed by atoms with Crippen LogP contribution in [0.5, 0.6) is 0 Å². The van der Waals surface area contributed by atoms with Crippen molar-refractivity contribution in [2.75, 3.05) is 0 Å². The minimum atomic E-state index is -0.365. The van der Waals surface area contributed by atoms with Gasteiger partial charge in [0.15, 0.2) is 0 Å². The van der Waals surface area contributed by atoms with Crippen molar-refractivity contribution >= 4 is 11.0 Å². The van der Waals surface area contributed by atoms with Crippen LogP contribution in [0.3, 0.4) is 0 Å². The van der Waals surface area contributed by atoms with E-state index in [0.717, 1.165) is 6.20 Å². The Kier molecular flexibility index (Phi) is 1.28. The summed E-state index contributed by atoms with van der Waals surface area (Å²) in [4.78, 5) is 7.70. The van der Waals surface area contributed by atoms with Gasteiger partial charge in [0.2, 0.25) is 0 Å². The van der Waals surface area contributed by atoms with Gasteiger partial charge in [-0.15, -0.1) is 0 Å². The Bertz CT molecular complexity index is 387. The number of fused-ring (bicyclic) bond motifs is 1. The highest BCUT2D eigenvalue weighted by atomic mass is 19.1. The molecule has 3 heteroatoms. The molecule has 0 unspecified atom stereocenters. The molecule has 0 atom stereocenters. The average molecular weight is 147 g/mol. The van der Waals surface area contributed by atoms with Crippen LogP contribution >= 0.6 is 0 Å². The Morgan fingerprint density at radius 3 is 3.09 bits per heavy atom. The zero-order valence-corrected chi connectivity index (χ0v) is 5.58. The minimum absolute atomic E-state index is 0.365. The fourth-order valence-corrected chi connectivity index (χ4v) is 0.877. The monoisotopic (exact) mass is 147 g/mol. The van der Waals surface area contributed by atoms with E-state index in [1.165, 1.54) is 12.3 Å². The number of hydrogen-bond donors (Lipinski definition) is 0. The van der Waals surface area contributed by atoms with Gasteiger partial charge in [-0.05, 0) is 6.07 Å². The molecule has 0 saturated carbocycles. The Labute approximate surface area is 62.7 Å². The second-order valence-corrected chi connectivity index (χ2v) is 2.13. The highest BCUT2D eigenvalue weighted by molar-refractivity contribution is 5.72. The molecule has 0 fully saturated rings. The van der Waals surface area contributed by atoms with Crippen LogP contribution in [0.1, 0.15) is 0 Å². The SMILES string of the molecule is Fc1cnc2c[c]cnc2c1. The number of hydrogen-bond acceptors (Lipinski definition) is 2. The molecule has 0 aromatic carbocycles. The van der Waals surface area contributed by atoms with Gasteiger partial charge in [-0.2, -0.15) is 0 Å². The lowest BCUT2D eigenvalue weighted by atomic mass is 10.3. The Morgan fingerprint density at radius 1 is 1.27 bits per heavy atom. The van der Waals surface area contributed by atoms with Crippen LogP contribution in [-0.4, -0.2) is 9.97 Å². The molecule has 53 valence electrons. The van der Waals surface area contributed by atoms with E-state index in [1.54, 1.807) is 6.07 Å².